The summed E-state index contributed by atoms with van der Waals surface area (Å²) in [6.45, 7) is 2.79. The molecule has 17 heavy (non-hydrogen) atoms. The first-order valence-corrected chi connectivity index (χ1v) is 6.07. The number of halogens is 1. The van der Waals surface area contributed by atoms with Crippen LogP contribution in [0, 0.1) is 0 Å². The topological polar surface area (TPSA) is 35.5 Å². The lowest BCUT2D eigenvalue weighted by atomic mass is 10.2. The fraction of sp³-hybridized carbons (Fsp3) is 0.462. The molecule has 0 atom stereocenters. The number of rotatable bonds is 7. The van der Waals surface area contributed by atoms with Gasteiger partial charge in [-0.1, -0.05) is 19.8 Å². The monoisotopic (exact) mass is 256 g/mol. The van der Waals surface area contributed by atoms with Gasteiger partial charge in [-0.05, 0) is 36.2 Å². The molecule has 0 bridgehead atoms. The summed E-state index contributed by atoms with van der Waals surface area (Å²) in [6.07, 6.45) is 3.30. The Morgan fingerprint density at radius 1 is 1.29 bits per heavy atom. The predicted molar refractivity (Wildman–Crippen MR) is 68.2 cm³/mol. The van der Waals surface area contributed by atoms with Gasteiger partial charge in [-0.15, -0.1) is 0 Å². The molecule has 94 valence electrons. The van der Waals surface area contributed by atoms with E-state index < -0.39 is 5.24 Å². The first kappa shape index (κ1) is 13.8. The molecule has 0 spiro atoms. The number of benzene rings is 1. The van der Waals surface area contributed by atoms with Crippen molar-refractivity contribution in [3.8, 4) is 11.5 Å². The van der Waals surface area contributed by atoms with E-state index in [2.05, 4.69) is 6.92 Å². The Morgan fingerprint density at radius 2 is 2.06 bits per heavy atom. The van der Waals surface area contributed by atoms with Crippen molar-refractivity contribution in [3.63, 3.8) is 0 Å². The van der Waals surface area contributed by atoms with Crippen molar-refractivity contribution in [3.05, 3.63) is 23.8 Å². The number of unbranched alkanes of at least 4 members (excludes halogenated alkanes) is 2. The molecule has 0 saturated carbocycles. The molecule has 0 radical (unpaired) electrons. The maximum Gasteiger partial charge on any atom is 0.252 e. The molecule has 0 heterocycles. The van der Waals surface area contributed by atoms with Crippen LogP contribution >= 0.6 is 11.6 Å². The van der Waals surface area contributed by atoms with Gasteiger partial charge in [0, 0.05) is 5.56 Å². The van der Waals surface area contributed by atoms with Crippen molar-refractivity contribution >= 4 is 16.8 Å². The normalized spacial score (nSPS) is 10.1. The molecule has 0 N–H and O–H groups in total. The Hall–Kier alpha value is -1.22. The van der Waals surface area contributed by atoms with Gasteiger partial charge >= 0.3 is 0 Å². The zero-order valence-electron chi connectivity index (χ0n) is 10.2. The fourth-order valence-electron chi connectivity index (χ4n) is 1.44. The first-order valence-electron chi connectivity index (χ1n) is 5.69. The molecule has 0 fully saturated rings. The summed E-state index contributed by atoms with van der Waals surface area (Å²) in [7, 11) is 1.54. The molecule has 0 aliphatic heterocycles. The van der Waals surface area contributed by atoms with Crippen LogP contribution in [-0.2, 0) is 0 Å². The Kier molecular flexibility index (Phi) is 5.84. The number of carbonyl (C=O) groups excluding carboxylic acids is 1. The second-order valence-electron chi connectivity index (χ2n) is 3.69. The quantitative estimate of drug-likeness (QED) is 0.552. The average molecular weight is 257 g/mol. The van der Waals surface area contributed by atoms with Crippen LogP contribution in [0.1, 0.15) is 36.5 Å². The highest BCUT2D eigenvalue weighted by Crippen LogP contribution is 2.28. The van der Waals surface area contributed by atoms with Crippen LogP contribution in [-0.4, -0.2) is 19.0 Å². The van der Waals surface area contributed by atoms with Gasteiger partial charge in [-0.25, -0.2) is 0 Å². The minimum atomic E-state index is -0.499. The maximum atomic E-state index is 11.0. The van der Waals surface area contributed by atoms with Crippen LogP contribution in [0.4, 0.5) is 0 Å². The van der Waals surface area contributed by atoms with Crippen molar-refractivity contribution in [2.75, 3.05) is 13.7 Å². The molecule has 1 rings (SSSR count). The maximum absolute atomic E-state index is 11.0. The Morgan fingerprint density at radius 3 is 2.65 bits per heavy atom. The van der Waals surface area contributed by atoms with Crippen LogP contribution in [0.3, 0.4) is 0 Å². The van der Waals surface area contributed by atoms with E-state index >= 15 is 0 Å². The first-order chi connectivity index (χ1) is 8.19. The van der Waals surface area contributed by atoms with Gasteiger partial charge in [-0.2, -0.15) is 0 Å². The van der Waals surface area contributed by atoms with Crippen LogP contribution in [0.15, 0.2) is 18.2 Å². The summed E-state index contributed by atoms with van der Waals surface area (Å²) in [6, 6.07) is 4.93. The van der Waals surface area contributed by atoms with Gasteiger partial charge in [0.25, 0.3) is 5.24 Å². The lowest BCUT2D eigenvalue weighted by Crippen LogP contribution is -2.00. The number of hydrogen-bond donors (Lipinski definition) is 0. The van der Waals surface area contributed by atoms with Gasteiger partial charge in [0.1, 0.15) is 0 Å². The molecule has 3 nitrogen and oxygen atoms in total. The van der Waals surface area contributed by atoms with Crippen molar-refractivity contribution in [2.45, 2.75) is 26.2 Å². The average Bonchev–Trinajstić information content (AvgIpc) is 2.34. The third-order valence-electron chi connectivity index (χ3n) is 2.40. The van der Waals surface area contributed by atoms with Gasteiger partial charge in [-0.3, -0.25) is 4.79 Å². The Labute approximate surface area is 107 Å². The van der Waals surface area contributed by atoms with Gasteiger partial charge in [0.2, 0.25) is 0 Å². The van der Waals surface area contributed by atoms with E-state index in [9.17, 15) is 4.79 Å². The molecule has 0 aliphatic carbocycles. The summed E-state index contributed by atoms with van der Waals surface area (Å²) in [4.78, 5) is 11.0. The molecule has 0 saturated heterocycles. The SMILES string of the molecule is CCCCCOc1ccc(C(=O)Cl)cc1OC. The number of ether oxygens (including phenoxy) is 2. The second kappa shape index (κ2) is 7.17. The van der Waals surface area contributed by atoms with E-state index in [1.165, 1.54) is 7.11 Å². The lowest BCUT2D eigenvalue weighted by molar-refractivity contribution is 0.108. The van der Waals surface area contributed by atoms with E-state index in [-0.39, 0.29) is 0 Å². The van der Waals surface area contributed by atoms with Crippen LogP contribution < -0.4 is 9.47 Å². The van der Waals surface area contributed by atoms with E-state index in [4.69, 9.17) is 21.1 Å². The second-order valence-corrected chi connectivity index (χ2v) is 4.04. The largest absolute Gasteiger partial charge is 0.493 e. The summed E-state index contributed by atoms with van der Waals surface area (Å²) in [5.74, 6) is 1.18. The lowest BCUT2D eigenvalue weighted by Gasteiger charge is -2.11. The molecule has 1 aromatic carbocycles. The molecule has 0 unspecified atom stereocenters. The molecule has 1 aromatic rings. The predicted octanol–water partition coefficient (Wildman–Crippen LogP) is 3.64. The highest BCUT2D eigenvalue weighted by atomic mass is 35.5. The van der Waals surface area contributed by atoms with E-state index in [1.54, 1.807) is 18.2 Å². The summed E-state index contributed by atoms with van der Waals surface area (Å²) < 4.78 is 10.7. The van der Waals surface area contributed by atoms with Crippen molar-refractivity contribution in [1.82, 2.24) is 0 Å². The third kappa shape index (κ3) is 4.27. The molecule has 0 aliphatic rings. The fourth-order valence-corrected chi connectivity index (χ4v) is 1.56. The number of methoxy groups -OCH3 is 1. The zero-order valence-corrected chi connectivity index (χ0v) is 10.9. The van der Waals surface area contributed by atoms with Crippen LogP contribution in [0.2, 0.25) is 0 Å². The Balaban J connectivity index is 2.68. The molecule has 0 aromatic heterocycles. The van der Waals surface area contributed by atoms with Gasteiger partial charge < -0.3 is 9.47 Å². The highest BCUT2D eigenvalue weighted by molar-refractivity contribution is 6.67. The summed E-state index contributed by atoms with van der Waals surface area (Å²) in [5.41, 5.74) is 0.407. The molecular weight excluding hydrogens is 240 g/mol. The van der Waals surface area contributed by atoms with E-state index in [0.717, 1.165) is 19.3 Å². The highest BCUT2D eigenvalue weighted by Gasteiger charge is 2.09. The van der Waals surface area contributed by atoms with Crippen molar-refractivity contribution < 1.29 is 14.3 Å². The van der Waals surface area contributed by atoms with Gasteiger partial charge in [0.05, 0.1) is 13.7 Å². The summed E-state index contributed by atoms with van der Waals surface area (Å²) >= 11 is 5.39. The van der Waals surface area contributed by atoms with Crippen molar-refractivity contribution in [2.24, 2.45) is 0 Å². The number of hydrogen-bond acceptors (Lipinski definition) is 3. The molecular formula is C13H17ClO3. The van der Waals surface area contributed by atoms with E-state index in [1.807, 2.05) is 0 Å². The minimum absolute atomic E-state index is 0.407. The van der Waals surface area contributed by atoms with Crippen LogP contribution in [0.25, 0.3) is 0 Å². The Bertz CT molecular complexity index is 377. The molecule has 0 amide bonds. The van der Waals surface area contributed by atoms with Crippen molar-refractivity contribution in [1.29, 1.82) is 0 Å². The number of carbonyl (C=O) groups is 1. The minimum Gasteiger partial charge on any atom is -0.493 e. The van der Waals surface area contributed by atoms with Crippen LogP contribution in [0.5, 0.6) is 11.5 Å². The zero-order chi connectivity index (χ0) is 12.7. The smallest absolute Gasteiger partial charge is 0.252 e. The van der Waals surface area contributed by atoms with E-state index in [0.29, 0.717) is 23.7 Å². The standard InChI is InChI=1S/C13H17ClO3/c1-3-4-5-8-17-11-7-6-10(13(14)15)9-12(11)16-2/h6-7,9H,3-5,8H2,1-2H3. The van der Waals surface area contributed by atoms with Gasteiger partial charge in [0.15, 0.2) is 11.5 Å². The molecule has 4 heteroatoms. The third-order valence-corrected chi connectivity index (χ3v) is 2.61. The summed E-state index contributed by atoms with van der Waals surface area (Å²) in [5, 5.41) is -0.499.